The van der Waals surface area contributed by atoms with Gasteiger partial charge >= 0.3 is 5.97 Å². The molecule has 5 nitrogen and oxygen atoms in total. The summed E-state index contributed by atoms with van der Waals surface area (Å²) in [5.74, 6) is 0.337. The number of aryl methyl sites for hydroxylation is 1. The fraction of sp³-hybridized carbons (Fsp3) is 0.438. The van der Waals surface area contributed by atoms with Gasteiger partial charge in [-0.1, -0.05) is 29.4 Å². The van der Waals surface area contributed by atoms with E-state index in [1.54, 1.807) is 0 Å². The first-order valence-electron chi connectivity index (χ1n) is 7.23. The third kappa shape index (κ3) is 2.96. The third-order valence-corrected chi connectivity index (χ3v) is 4.22. The van der Waals surface area contributed by atoms with Gasteiger partial charge in [0.2, 0.25) is 5.89 Å². The highest BCUT2D eigenvalue weighted by Crippen LogP contribution is 2.37. The van der Waals surface area contributed by atoms with E-state index in [9.17, 15) is 4.79 Å². The zero-order valence-corrected chi connectivity index (χ0v) is 12.0. The second kappa shape index (κ2) is 5.68. The van der Waals surface area contributed by atoms with Crippen LogP contribution in [-0.2, 0) is 11.2 Å². The van der Waals surface area contributed by atoms with E-state index in [0.717, 1.165) is 6.42 Å². The third-order valence-electron chi connectivity index (χ3n) is 4.22. The van der Waals surface area contributed by atoms with Crippen LogP contribution in [0.5, 0.6) is 0 Å². The van der Waals surface area contributed by atoms with Crippen molar-refractivity contribution in [1.82, 2.24) is 10.1 Å². The topological polar surface area (TPSA) is 76.2 Å². The Labute approximate surface area is 123 Å². The van der Waals surface area contributed by atoms with Crippen molar-refractivity contribution in [2.75, 3.05) is 0 Å². The van der Waals surface area contributed by atoms with Crippen molar-refractivity contribution in [2.45, 2.75) is 38.5 Å². The summed E-state index contributed by atoms with van der Waals surface area (Å²) in [6.45, 7) is 2.06. The molecule has 0 bridgehead atoms. The summed E-state index contributed by atoms with van der Waals surface area (Å²) in [4.78, 5) is 15.4. The maximum absolute atomic E-state index is 11.0. The molecule has 110 valence electrons. The summed E-state index contributed by atoms with van der Waals surface area (Å²) < 4.78 is 5.33. The van der Waals surface area contributed by atoms with E-state index in [4.69, 9.17) is 9.63 Å². The van der Waals surface area contributed by atoms with Gasteiger partial charge in [-0.3, -0.25) is 4.79 Å². The van der Waals surface area contributed by atoms with Crippen molar-refractivity contribution >= 4 is 5.97 Å². The van der Waals surface area contributed by atoms with Crippen LogP contribution in [0.15, 0.2) is 28.8 Å². The van der Waals surface area contributed by atoms with Crippen LogP contribution in [0.2, 0.25) is 0 Å². The van der Waals surface area contributed by atoms with Crippen LogP contribution in [0.3, 0.4) is 0 Å². The van der Waals surface area contributed by atoms with Gasteiger partial charge in [-0.15, -0.1) is 0 Å². The Morgan fingerprint density at radius 2 is 2.19 bits per heavy atom. The molecule has 1 heterocycles. The summed E-state index contributed by atoms with van der Waals surface area (Å²) in [5.41, 5.74) is 2.38. The highest BCUT2D eigenvalue weighted by molar-refractivity contribution is 5.70. The van der Waals surface area contributed by atoms with E-state index in [-0.39, 0.29) is 11.8 Å². The first-order valence-corrected chi connectivity index (χ1v) is 7.23. The molecule has 1 fully saturated rings. The largest absolute Gasteiger partial charge is 0.481 e. The molecule has 1 aliphatic carbocycles. The van der Waals surface area contributed by atoms with Crippen LogP contribution in [0.1, 0.15) is 48.0 Å². The lowest BCUT2D eigenvalue weighted by molar-refractivity contribution is -0.141. The molecule has 1 aromatic carbocycles. The predicted octanol–water partition coefficient (Wildman–Crippen LogP) is 2.94. The number of hydrogen-bond donors (Lipinski definition) is 1. The number of rotatable bonds is 4. The number of carbonyl (C=O) groups is 1. The van der Waals surface area contributed by atoms with Crippen LogP contribution in [0, 0.1) is 12.8 Å². The molecular formula is C16H18N2O3. The lowest BCUT2D eigenvalue weighted by Crippen LogP contribution is -2.09. The molecule has 2 atom stereocenters. The molecule has 1 aromatic heterocycles. The summed E-state index contributed by atoms with van der Waals surface area (Å²) in [7, 11) is 0. The molecule has 0 radical (unpaired) electrons. The van der Waals surface area contributed by atoms with Gasteiger partial charge in [0.25, 0.3) is 0 Å². The maximum atomic E-state index is 11.0. The Kier molecular flexibility index (Phi) is 3.73. The lowest BCUT2D eigenvalue weighted by Gasteiger charge is -2.03. The zero-order valence-electron chi connectivity index (χ0n) is 12.0. The van der Waals surface area contributed by atoms with Gasteiger partial charge < -0.3 is 9.63 Å². The van der Waals surface area contributed by atoms with Crippen LogP contribution in [-0.4, -0.2) is 21.2 Å². The fourth-order valence-corrected chi connectivity index (χ4v) is 2.91. The number of hydrogen-bond acceptors (Lipinski definition) is 4. The van der Waals surface area contributed by atoms with Gasteiger partial charge in [-0.25, -0.2) is 0 Å². The van der Waals surface area contributed by atoms with Crippen molar-refractivity contribution in [3.63, 3.8) is 0 Å². The van der Waals surface area contributed by atoms with Crippen molar-refractivity contribution < 1.29 is 14.4 Å². The summed E-state index contributed by atoms with van der Waals surface area (Å²) in [6.07, 6.45) is 2.74. The molecule has 1 N–H and O–H groups in total. The molecule has 0 amide bonds. The van der Waals surface area contributed by atoms with E-state index in [2.05, 4.69) is 29.2 Å². The Hall–Kier alpha value is -2.17. The second-order valence-corrected chi connectivity index (χ2v) is 5.70. The average molecular weight is 286 g/mol. The molecule has 1 saturated carbocycles. The molecular weight excluding hydrogens is 268 g/mol. The summed E-state index contributed by atoms with van der Waals surface area (Å²) in [5, 5.41) is 13.1. The molecule has 3 rings (SSSR count). The lowest BCUT2D eigenvalue weighted by atomic mass is 10.0. The second-order valence-electron chi connectivity index (χ2n) is 5.70. The molecule has 0 aliphatic heterocycles. The highest BCUT2D eigenvalue weighted by atomic mass is 16.5. The van der Waals surface area contributed by atoms with Crippen LogP contribution in [0.25, 0.3) is 0 Å². The Balaban J connectivity index is 1.70. The van der Waals surface area contributed by atoms with E-state index in [1.807, 2.05) is 12.1 Å². The minimum absolute atomic E-state index is 0.0872. The molecule has 0 saturated heterocycles. The smallest absolute Gasteiger partial charge is 0.306 e. The Morgan fingerprint density at radius 3 is 2.90 bits per heavy atom. The zero-order chi connectivity index (χ0) is 14.8. The number of aromatic nitrogens is 2. The van der Waals surface area contributed by atoms with Crippen LogP contribution >= 0.6 is 0 Å². The molecule has 5 heteroatoms. The van der Waals surface area contributed by atoms with Crippen LogP contribution < -0.4 is 0 Å². The van der Waals surface area contributed by atoms with Crippen molar-refractivity contribution in [1.29, 1.82) is 0 Å². The first-order chi connectivity index (χ1) is 10.1. The van der Waals surface area contributed by atoms with Crippen molar-refractivity contribution in [3.05, 3.63) is 47.1 Å². The SMILES string of the molecule is Cc1ccccc1Cc1noc(C2CCC(C(=O)O)C2)n1. The molecule has 21 heavy (non-hydrogen) atoms. The van der Waals surface area contributed by atoms with E-state index >= 15 is 0 Å². The van der Waals surface area contributed by atoms with E-state index in [1.165, 1.54) is 11.1 Å². The fourth-order valence-electron chi connectivity index (χ4n) is 2.91. The van der Waals surface area contributed by atoms with Crippen molar-refractivity contribution in [2.24, 2.45) is 5.92 Å². The maximum Gasteiger partial charge on any atom is 0.306 e. The quantitative estimate of drug-likeness (QED) is 0.935. The standard InChI is InChI=1S/C16H18N2O3/c1-10-4-2-3-5-11(10)9-14-17-15(21-18-14)12-6-7-13(8-12)16(19)20/h2-5,12-13H,6-9H2,1H3,(H,19,20). The summed E-state index contributed by atoms with van der Waals surface area (Å²) in [6, 6.07) is 8.12. The minimum Gasteiger partial charge on any atom is -0.481 e. The molecule has 1 aliphatic rings. The number of aliphatic carboxylic acids is 1. The number of benzene rings is 1. The Bertz CT molecular complexity index is 650. The van der Waals surface area contributed by atoms with Gasteiger partial charge in [-0.2, -0.15) is 4.98 Å². The van der Waals surface area contributed by atoms with Gasteiger partial charge in [0.1, 0.15) is 0 Å². The molecule has 0 spiro atoms. The van der Waals surface area contributed by atoms with E-state index < -0.39 is 5.97 Å². The highest BCUT2D eigenvalue weighted by Gasteiger charge is 2.33. The van der Waals surface area contributed by atoms with Gasteiger partial charge in [0.15, 0.2) is 5.82 Å². The predicted molar refractivity (Wildman–Crippen MR) is 76.0 cm³/mol. The van der Waals surface area contributed by atoms with Gasteiger partial charge in [-0.05, 0) is 37.3 Å². The number of nitrogens with zero attached hydrogens (tertiary/aromatic N) is 2. The number of carboxylic acids is 1. The van der Waals surface area contributed by atoms with Crippen LogP contribution in [0.4, 0.5) is 0 Å². The first kappa shape index (κ1) is 13.8. The normalized spacial score (nSPS) is 21.6. The Morgan fingerprint density at radius 1 is 1.38 bits per heavy atom. The minimum atomic E-state index is -0.725. The summed E-state index contributed by atoms with van der Waals surface area (Å²) >= 11 is 0. The average Bonchev–Trinajstić information content (AvgIpc) is 3.10. The monoisotopic (exact) mass is 286 g/mol. The molecule has 2 unspecified atom stereocenters. The van der Waals surface area contributed by atoms with E-state index in [0.29, 0.717) is 31.0 Å². The molecule has 2 aromatic rings. The van der Waals surface area contributed by atoms with Crippen molar-refractivity contribution in [3.8, 4) is 0 Å². The van der Waals surface area contributed by atoms with Gasteiger partial charge in [0.05, 0.1) is 5.92 Å². The number of carboxylic acid groups (broad SMARTS) is 1. The van der Waals surface area contributed by atoms with Gasteiger partial charge in [0, 0.05) is 12.3 Å².